The first-order valence-electron chi connectivity index (χ1n) is 5.68. The van der Waals surface area contributed by atoms with Crippen LogP contribution in [0.1, 0.15) is 39.0 Å². The number of hydrogen-bond donors (Lipinski definition) is 2. The fourth-order valence-corrected chi connectivity index (χ4v) is 2.30. The summed E-state index contributed by atoms with van der Waals surface area (Å²) in [6, 6.07) is -0.0612. The number of carbonyl (C=O) groups is 1. The Balaban J connectivity index is 2.08. The zero-order valence-electron chi connectivity index (χ0n) is 9.31. The van der Waals surface area contributed by atoms with Crippen LogP contribution in [0.5, 0.6) is 0 Å². The lowest BCUT2D eigenvalue weighted by Crippen LogP contribution is -2.34. The van der Waals surface area contributed by atoms with E-state index in [1.807, 2.05) is 0 Å². The molecular weight excluding hydrogens is 176 g/mol. The Labute approximate surface area is 86.6 Å². The van der Waals surface area contributed by atoms with Crippen LogP contribution in [0.25, 0.3) is 0 Å². The zero-order valence-corrected chi connectivity index (χ0v) is 9.31. The van der Waals surface area contributed by atoms with Crippen LogP contribution in [-0.2, 0) is 0 Å². The van der Waals surface area contributed by atoms with E-state index in [9.17, 15) is 4.79 Å². The highest BCUT2D eigenvalue weighted by Gasteiger charge is 2.18. The van der Waals surface area contributed by atoms with Crippen LogP contribution >= 0.6 is 0 Å². The SMILES string of the molecule is CNC(=O)NCCC1CCCC(C)C1. The maximum absolute atomic E-state index is 10.9. The highest BCUT2D eigenvalue weighted by Crippen LogP contribution is 2.30. The third-order valence-corrected chi connectivity index (χ3v) is 3.11. The average Bonchev–Trinajstić information content (AvgIpc) is 2.17. The number of rotatable bonds is 3. The highest BCUT2D eigenvalue weighted by atomic mass is 16.2. The highest BCUT2D eigenvalue weighted by molar-refractivity contribution is 5.73. The standard InChI is InChI=1S/C11H22N2O/c1-9-4-3-5-10(8-9)6-7-13-11(14)12-2/h9-10H,3-8H2,1-2H3,(H2,12,13,14). The van der Waals surface area contributed by atoms with Crippen LogP contribution in [-0.4, -0.2) is 19.6 Å². The van der Waals surface area contributed by atoms with Gasteiger partial charge in [0.2, 0.25) is 0 Å². The molecule has 2 atom stereocenters. The summed E-state index contributed by atoms with van der Waals surface area (Å²) >= 11 is 0. The molecule has 2 amide bonds. The second-order valence-electron chi connectivity index (χ2n) is 4.43. The fourth-order valence-electron chi connectivity index (χ4n) is 2.30. The molecule has 0 aromatic heterocycles. The van der Waals surface area contributed by atoms with E-state index in [0.29, 0.717) is 0 Å². The molecule has 1 rings (SSSR count). The molecule has 82 valence electrons. The van der Waals surface area contributed by atoms with Crippen LogP contribution in [0, 0.1) is 11.8 Å². The van der Waals surface area contributed by atoms with E-state index in [-0.39, 0.29) is 6.03 Å². The minimum atomic E-state index is -0.0612. The molecule has 0 aliphatic heterocycles. The van der Waals surface area contributed by atoms with Gasteiger partial charge in [0, 0.05) is 13.6 Å². The lowest BCUT2D eigenvalue weighted by molar-refractivity contribution is 0.237. The van der Waals surface area contributed by atoms with Crippen LogP contribution in [0.15, 0.2) is 0 Å². The summed E-state index contributed by atoms with van der Waals surface area (Å²) in [7, 11) is 1.65. The van der Waals surface area contributed by atoms with Crippen molar-refractivity contribution < 1.29 is 4.79 Å². The fraction of sp³-hybridized carbons (Fsp3) is 0.909. The zero-order chi connectivity index (χ0) is 10.4. The maximum atomic E-state index is 10.9. The molecule has 0 aromatic carbocycles. The molecule has 1 aliphatic carbocycles. The van der Waals surface area contributed by atoms with Crippen molar-refractivity contribution in [1.29, 1.82) is 0 Å². The smallest absolute Gasteiger partial charge is 0.314 e. The van der Waals surface area contributed by atoms with Crippen molar-refractivity contribution in [3.8, 4) is 0 Å². The molecule has 1 saturated carbocycles. The second-order valence-corrected chi connectivity index (χ2v) is 4.43. The largest absolute Gasteiger partial charge is 0.341 e. The van der Waals surface area contributed by atoms with Crippen molar-refractivity contribution in [2.75, 3.05) is 13.6 Å². The average molecular weight is 198 g/mol. The Bertz CT molecular complexity index is 182. The Hall–Kier alpha value is -0.730. The number of urea groups is 1. The minimum Gasteiger partial charge on any atom is -0.341 e. The quantitative estimate of drug-likeness (QED) is 0.716. The number of nitrogens with one attached hydrogen (secondary N) is 2. The van der Waals surface area contributed by atoms with Gasteiger partial charge in [-0.05, 0) is 24.7 Å². The first-order valence-corrected chi connectivity index (χ1v) is 5.68. The predicted octanol–water partition coefficient (Wildman–Crippen LogP) is 2.13. The van der Waals surface area contributed by atoms with Crippen LogP contribution in [0.3, 0.4) is 0 Å². The van der Waals surface area contributed by atoms with Gasteiger partial charge in [0.1, 0.15) is 0 Å². The Kier molecular flexibility index (Phi) is 4.77. The molecule has 0 aromatic rings. The molecule has 3 nitrogen and oxygen atoms in total. The summed E-state index contributed by atoms with van der Waals surface area (Å²) in [5.74, 6) is 1.71. The molecule has 0 radical (unpaired) electrons. The lowest BCUT2D eigenvalue weighted by atomic mass is 9.81. The molecular formula is C11H22N2O. The summed E-state index contributed by atoms with van der Waals surface area (Å²) in [6.07, 6.45) is 6.58. The van der Waals surface area contributed by atoms with Gasteiger partial charge in [-0.1, -0.05) is 26.2 Å². The van der Waals surface area contributed by atoms with Gasteiger partial charge in [-0.2, -0.15) is 0 Å². The van der Waals surface area contributed by atoms with Crippen molar-refractivity contribution in [3.63, 3.8) is 0 Å². The monoisotopic (exact) mass is 198 g/mol. The molecule has 0 saturated heterocycles. The summed E-state index contributed by atoms with van der Waals surface area (Å²) in [5, 5.41) is 5.41. The molecule has 3 heteroatoms. The van der Waals surface area contributed by atoms with E-state index in [1.165, 1.54) is 25.7 Å². The summed E-state index contributed by atoms with van der Waals surface area (Å²) < 4.78 is 0. The molecule has 1 aliphatic rings. The Morgan fingerprint density at radius 2 is 2.21 bits per heavy atom. The first kappa shape index (κ1) is 11.3. The van der Waals surface area contributed by atoms with Gasteiger partial charge >= 0.3 is 6.03 Å². The maximum Gasteiger partial charge on any atom is 0.314 e. The molecule has 0 spiro atoms. The van der Waals surface area contributed by atoms with Crippen LogP contribution in [0.2, 0.25) is 0 Å². The second kappa shape index (κ2) is 5.89. The van der Waals surface area contributed by atoms with Gasteiger partial charge in [0.25, 0.3) is 0 Å². The summed E-state index contributed by atoms with van der Waals surface area (Å²) in [5.41, 5.74) is 0. The van der Waals surface area contributed by atoms with Crippen molar-refractivity contribution in [2.45, 2.75) is 39.0 Å². The first-order chi connectivity index (χ1) is 6.72. The molecule has 2 N–H and O–H groups in total. The van der Waals surface area contributed by atoms with Crippen LogP contribution in [0.4, 0.5) is 4.79 Å². The normalized spacial score (nSPS) is 27.0. The number of carbonyl (C=O) groups excluding carboxylic acids is 1. The number of amides is 2. The van der Waals surface area contributed by atoms with Gasteiger partial charge in [-0.3, -0.25) is 0 Å². The van der Waals surface area contributed by atoms with Crippen molar-refractivity contribution in [2.24, 2.45) is 11.8 Å². The predicted molar refractivity (Wildman–Crippen MR) is 58.2 cm³/mol. The van der Waals surface area contributed by atoms with E-state index < -0.39 is 0 Å². The summed E-state index contributed by atoms with van der Waals surface area (Å²) in [4.78, 5) is 10.9. The van der Waals surface area contributed by atoms with Crippen LogP contribution < -0.4 is 10.6 Å². The topological polar surface area (TPSA) is 41.1 Å². The number of hydrogen-bond acceptors (Lipinski definition) is 1. The van der Waals surface area contributed by atoms with E-state index in [0.717, 1.165) is 24.8 Å². The Morgan fingerprint density at radius 1 is 1.43 bits per heavy atom. The van der Waals surface area contributed by atoms with E-state index >= 15 is 0 Å². The van der Waals surface area contributed by atoms with E-state index in [4.69, 9.17) is 0 Å². The van der Waals surface area contributed by atoms with Gasteiger partial charge < -0.3 is 10.6 Å². The molecule has 1 fully saturated rings. The van der Waals surface area contributed by atoms with Gasteiger partial charge in [-0.25, -0.2) is 4.79 Å². The van der Waals surface area contributed by atoms with E-state index in [2.05, 4.69) is 17.6 Å². The van der Waals surface area contributed by atoms with Gasteiger partial charge in [0.05, 0.1) is 0 Å². The minimum absolute atomic E-state index is 0.0612. The molecule has 0 bridgehead atoms. The lowest BCUT2D eigenvalue weighted by Gasteiger charge is -2.26. The van der Waals surface area contributed by atoms with Crippen molar-refractivity contribution in [3.05, 3.63) is 0 Å². The van der Waals surface area contributed by atoms with Crippen molar-refractivity contribution in [1.82, 2.24) is 10.6 Å². The van der Waals surface area contributed by atoms with Gasteiger partial charge in [-0.15, -0.1) is 0 Å². The molecule has 2 unspecified atom stereocenters. The third-order valence-electron chi connectivity index (χ3n) is 3.11. The van der Waals surface area contributed by atoms with Gasteiger partial charge in [0.15, 0.2) is 0 Å². The molecule has 0 heterocycles. The third kappa shape index (κ3) is 3.99. The van der Waals surface area contributed by atoms with Crippen molar-refractivity contribution >= 4 is 6.03 Å². The summed E-state index contributed by atoms with van der Waals surface area (Å²) in [6.45, 7) is 3.15. The Morgan fingerprint density at radius 3 is 2.86 bits per heavy atom. The molecule has 14 heavy (non-hydrogen) atoms. The van der Waals surface area contributed by atoms with E-state index in [1.54, 1.807) is 7.05 Å².